The maximum Gasteiger partial charge on any atom is 0.305 e. The lowest BCUT2D eigenvalue weighted by molar-refractivity contribution is -0.137. The van der Waals surface area contributed by atoms with Crippen LogP contribution in [0.3, 0.4) is 0 Å². The van der Waals surface area contributed by atoms with Crippen LogP contribution in [0.5, 0.6) is 0 Å². The smallest absolute Gasteiger partial charge is 0.305 e. The molecule has 1 fully saturated rings. The third-order valence-corrected chi connectivity index (χ3v) is 3.75. The highest BCUT2D eigenvalue weighted by molar-refractivity contribution is 5.92. The minimum atomic E-state index is -0.891. The van der Waals surface area contributed by atoms with Gasteiger partial charge in [0, 0.05) is 12.6 Å². The number of hydrogen-bond donors (Lipinski definition) is 1. The van der Waals surface area contributed by atoms with Crippen molar-refractivity contribution in [2.75, 3.05) is 6.54 Å². The van der Waals surface area contributed by atoms with Crippen LogP contribution in [0.25, 0.3) is 5.69 Å². The lowest BCUT2D eigenvalue weighted by Gasteiger charge is -2.22. The summed E-state index contributed by atoms with van der Waals surface area (Å²) in [6.45, 7) is 0.564. The van der Waals surface area contributed by atoms with Crippen molar-refractivity contribution >= 4 is 11.9 Å². The van der Waals surface area contributed by atoms with Gasteiger partial charge in [-0.2, -0.15) is 9.90 Å². The van der Waals surface area contributed by atoms with Gasteiger partial charge < -0.3 is 10.0 Å². The Bertz CT molecular complexity index is 683. The van der Waals surface area contributed by atoms with E-state index in [2.05, 4.69) is 10.2 Å². The number of carbonyl (C=O) groups excluding carboxylic acids is 1. The molecule has 2 heterocycles. The van der Waals surface area contributed by atoms with Crippen LogP contribution in [0, 0.1) is 0 Å². The first-order valence-electron chi connectivity index (χ1n) is 7.15. The van der Waals surface area contributed by atoms with Crippen molar-refractivity contribution in [3.8, 4) is 5.69 Å². The molecular formula is C15H16N4O3. The average molecular weight is 300 g/mol. The van der Waals surface area contributed by atoms with E-state index < -0.39 is 5.97 Å². The number of benzene rings is 1. The van der Waals surface area contributed by atoms with Gasteiger partial charge in [-0.15, -0.1) is 5.10 Å². The second kappa shape index (κ2) is 5.97. The Morgan fingerprint density at radius 3 is 2.77 bits per heavy atom. The number of nitrogens with zero attached hydrogens (tertiary/aromatic N) is 4. The average Bonchev–Trinajstić information content (AvgIpc) is 3.16. The van der Waals surface area contributed by atoms with Crippen molar-refractivity contribution in [2.45, 2.75) is 25.3 Å². The second-order valence-electron chi connectivity index (χ2n) is 5.25. The van der Waals surface area contributed by atoms with Crippen LogP contribution in [0.1, 0.15) is 29.8 Å². The van der Waals surface area contributed by atoms with Crippen LogP contribution in [-0.4, -0.2) is 49.5 Å². The van der Waals surface area contributed by atoms with E-state index in [-0.39, 0.29) is 24.1 Å². The molecular weight excluding hydrogens is 284 g/mol. The van der Waals surface area contributed by atoms with E-state index in [4.69, 9.17) is 5.11 Å². The zero-order valence-corrected chi connectivity index (χ0v) is 11.9. The highest BCUT2D eigenvalue weighted by Crippen LogP contribution is 2.22. The van der Waals surface area contributed by atoms with Gasteiger partial charge in [0.1, 0.15) is 0 Å². The molecule has 7 heteroatoms. The fourth-order valence-electron chi connectivity index (χ4n) is 2.71. The predicted octanol–water partition coefficient (Wildman–Crippen LogP) is 1.35. The SMILES string of the molecule is O=C(O)CC1CCCN1C(=O)c1cnn(-c2ccccc2)n1. The third kappa shape index (κ3) is 2.83. The van der Waals surface area contributed by atoms with Crippen molar-refractivity contribution in [1.82, 2.24) is 19.9 Å². The lowest BCUT2D eigenvalue weighted by atomic mass is 10.1. The first kappa shape index (κ1) is 14.2. The molecule has 1 aliphatic heterocycles. The van der Waals surface area contributed by atoms with Gasteiger partial charge in [-0.25, -0.2) is 0 Å². The summed E-state index contributed by atoms with van der Waals surface area (Å²) < 4.78 is 0. The van der Waals surface area contributed by atoms with Crippen LogP contribution in [0.4, 0.5) is 0 Å². The molecule has 1 unspecified atom stereocenters. The normalized spacial score (nSPS) is 17.6. The van der Waals surface area contributed by atoms with E-state index in [0.29, 0.717) is 13.0 Å². The van der Waals surface area contributed by atoms with Gasteiger partial charge >= 0.3 is 5.97 Å². The number of carbonyl (C=O) groups is 2. The van der Waals surface area contributed by atoms with Gasteiger partial charge in [0.05, 0.1) is 18.3 Å². The number of para-hydroxylation sites is 1. The summed E-state index contributed by atoms with van der Waals surface area (Å²) in [7, 11) is 0. The molecule has 0 saturated carbocycles. The fraction of sp³-hybridized carbons (Fsp3) is 0.333. The molecule has 0 spiro atoms. The highest BCUT2D eigenvalue weighted by atomic mass is 16.4. The van der Waals surface area contributed by atoms with Crippen LogP contribution >= 0.6 is 0 Å². The maximum absolute atomic E-state index is 12.5. The number of rotatable bonds is 4. The zero-order valence-electron chi connectivity index (χ0n) is 11.9. The molecule has 1 amide bonds. The Morgan fingerprint density at radius 1 is 1.27 bits per heavy atom. The maximum atomic E-state index is 12.5. The molecule has 1 saturated heterocycles. The van der Waals surface area contributed by atoms with Crippen LogP contribution in [0.2, 0.25) is 0 Å². The van der Waals surface area contributed by atoms with Gasteiger partial charge in [-0.1, -0.05) is 18.2 Å². The number of carboxylic acids is 1. The molecule has 114 valence electrons. The zero-order chi connectivity index (χ0) is 15.5. The second-order valence-corrected chi connectivity index (χ2v) is 5.25. The van der Waals surface area contributed by atoms with Gasteiger partial charge in [-0.05, 0) is 25.0 Å². The van der Waals surface area contributed by atoms with E-state index in [1.165, 1.54) is 11.0 Å². The molecule has 0 aliphatic carbocycles. The van der Waals surface area contributed by atoms with Crippen molar-refractivity contribution in [3.05, 3.63) is 42.2 Å². The monoisotopic (exact) mass is 300 g/mol. The molecule has 0 radical (unpaired) electrons. The summed E-state index contributed by atoms with van der Waals surface area (Å²) >= 11 is 0. The summed E-state index contributed by atoms with van der Waals surface area (Å²) in [5, 5.41) is 17.2. The van der Waals surface area contributed by atoms with Crippen LogP contribution in [-0.2, 0) is 4.79 Å². The number of carboxylic acid groups (broad SMARTS) is 1. The van der Waals surface area contributed by atoms with E-state index in [1.54, 1.807) is 4.90 Å². The van der Waals surface area contributed by atoms with E-state index in [1.807, 2.05) is 30.3 Å². The van der Waals surface area contributed by atoms with Gasteiger partial charge in [-0.3, -0.25) is 9.59 Å². The summed E-state index contributed by atoms with van der Waals surface area (Å²) in [5.41, 5.74) is 1.01. The van der Waals surface area contributed by atoms with Gasteiger partial charge in [0.25, 0.3) is 5.91 Å². The molecule has 7 nitrogen and oxygen atoms in total. The number of likely N-dealkylation sites (tertiary alicyclic amines) is 1. The molecule has 22 heavy (non-hydrogen) atoms. The third-order valence-electron chi connectivity index (χ3n) is 3.75. The number of amides is 1. The molecule has 1 atom stereocenters. The topological polar surface area (TPSA) is 88.3 Å². The molecule has 2 aromatic rings. The van der Waals surface area contributed by atoms with Gasteiger partial charge in [0.2, 0.25) is 0 Å². The summed E-state index contributed by atoms with van der Waals surface area (Å²) in [5.74, 6) is -1.15. The van der Waals surface area contributed by atoms with Crippen molar-refractivity contribution < 1.29 is 14.7 Å². The molecule has 0 bridgehead atoms. The van der Waals surface area contributed by atoms with Crippen LogP contribution < -0.4 is 0 Å². The lowest BCUT2D eigenvalue weighted by Crippen LogP contribution is -2.37. The number of hydrogen-bond acceptors (Lipinski definition) is 4. The number of aromatic nitrogens is 3. The fourth-order valence-corrected chi connectivity index (χ4v) is 2.71. The largest absolute Gasteiger partial charge is 0.481 e. The highest BCUT2D eigenvalue weighted by Gasteiger charge is 2.32. The van der Waals surface area contributed by atoms with E-state index >= 15 is 0 Å². The van der Waals surface area contributed by atoms with Crippen molar-refractivity contribution in [3.63, 3.8) is 0 Å². The van der Waals surface area contributed by atoms with E-state index in [9.17, 15) is 9.59 Å². The minimum absolute atomic E-state index is 0.0292. The predicted molar refractivity (Wildman–Crippen MR) is 77.7 cm³/mol. The first-order valence-corrected chi connectivity index (χ1v) is 7.15. The Hall–Kier alpha value is -2.70. The molecule has 1 N–H and O–H groups in total. The molecule has 3 rings (SSSR count). The minimum Gasteiger partial charge on any atom is -0.481 e. The standard InChI is InChI=1S/C15H16N4O3/c20-14(21)9-12-7-4-8-18(12)15(22)13-10-16-19(17-13)11-5-2-1-3-6-11/h1-3,5-6,10,12H,4,7-9H2,(H,20,21). The molecule has 1 aromatic heterocycles. The quantitative estimate of drug-likeness (QED) is 0.920. The van der Waals surface area contributed by atoms with Gasteiger partial charge in [0.15, 0.2) is 5.69 Å². The Kier molecular flexibility index (Phi) is 3.86. The summed E-state index contributed by atoms with van der Waals surface area (Å²) in [4.78, 5) is 26.4. The van der Waals surface area contributed by atoms with Crippen molar-refractivity contribution in [2.24, 2.45) is 0 Å². The number of aliphatic carboxylic acids is 1. The van der Waals surface area contributed by atoms with E-state index in [0.717, 1.165) is 12.1 Å². The molecule has 1 aliphatic rings. The Morgan fingerprint density at radius 2 is 2.05 bits per heavy atom. The van der Waals surface area contributed by atoms with Crippen LogP contribution in [0.15, 0.2) is 36.5 Å². The first-order chi connectivity index (χ1) is 10.6. The Balaban J connectivity index is 1.78. The van der Waals surface area contributed by atoms with Crippen molar-refractivity contribution in [1.29, 1.82) is 0 Å². The summed E-state index contributed by atoms with van der Waals surface area (Å²) in [6, 6.07) is 9.05. The molecule has 1 aromatic carbocycles. The Labute approximate surface area is 127 Å². The summed E-state index contributed by atoms with van der Waals surface area (Å²) in [6.07, 6.45) is 2.92.